The van der Waals surface area contributed by atoms with E-state index in [1.165, 1.54) is 12.1 Å². The first-order valence-corrected chi connectivity index (χ1v) is 9.31. The largest absolute Gasteiger partial charge is 0.485 e. The maximum absolute atomic E-state index is 11.9. The molecule has 0 aliphatic carbocycles. The van der Waals surface area contributed by atoms with Crippen molar-refractivity contribution in [2.24, 2.45) is 5.73 Å². The van der Waals surface area contributed by atoms with E-state index in [0.717, 1.165) is 17.2 Å². The Balaban J connectivity index is 2.01. The quantitative estimate of drug-likeness (QED) is 0.303. The average Bonchev–Trinajstić information content (AvgIpc) is 2.77. The average molecular weight is 420 g/mol. The van der Waals surface area contributed by atoms with Crippen molar-refractivity contribution in [3.63, 3.8) is 0 Å². The molecule has 3 aromatic carbocycles. The molecule has 8 nitrogen and oxygen atoms in total. The van der Waals surface area contributed by atoms with E-state index in [0.29, 0.717) is 0 Å². The van der Waals surface area contributed by atoms with E-state index in [1.807, 2.05) is 60.7 Å². The molecule has 0 saturated carbocycles. The van der Waals surface area contributed by atoms with Crippen LogP contribution in [0.5, 0.6) is 11.5 Å². The van der Waals surface area contributed by atoms with E-state index in [4.69, 9.17) is 20.3 Å². The molecule has 0 fully saturated rings. The Morgan fingerprint density at radius 1 is 0.935 bits per heavy atom. The number of nitrogens with two attached hydrogens (primary N) is 1. The van der Waals surface area contributed by atoms with Gasteiger partial charge in [0.2, 0.25) is 5.75 Å². The van der Waals surface area contributed by atoms with Crippen LogP contribution in [-0.2, 0) is 18.0 Å². The number of nitrogens with zero attached hydrogens (tertiary/aromatic N) is 1. The summed E-state index contributed by atoms with van der Waals surface area (Å²) in [6, 6.07) is 21.3. The van der Waals surface area contributed by atoms with Crippen molar-refractivity contribution in [3.05, 3.63) is 105 Å². The molecule has 0 radical (unpaired) electrons. The minimum absolute atomic E-state index is 0.0000211. The molecular weight excluding hydrogens is 400 g/mol. The summed E-state index contributed by atoms with van der Waals surface area (Å²) in [5.41, 5.74) is 6.19. The number of aliphatic carboxylic acids is 1. The number of benzene rings is 3. The number of carbonyl (C=O) groups is 1. The van der Waals surface area contributed by atoms with Gasteiger partial charge in [0.1, 0.15) is 18.9 Å². The Labute approximate surface area is 178 Å². The normalized spacial score (nSPS) is 11.0. The zero-order chi connectivity index (χ0) is 22.2. The Kier molecular flexibility index (Phi) is 6.85. The first kappa shape index (κ1) is 21.4. The molecule has 0 atom stereocenters. The summed E-state index contributed by atoms with van der Waals surface area (Å²) in [6.45, 7) is 0.233. The molecule has 3 rings (SSSR count). The van der Waals surface area contributed by atoms with Crippen molar-refractivity contribution in [2.45, 2.75) is 13.2 Å². The van der Waals surface area contributed by atoms with Gasteiger partial charge in [0.15, 0.2) is 5.75 Å². The predicted octanol–water partition coefficient (Wildman–Crippen LogP) is 4.14. The number of carboxylic acids is 1. The van der Waals surface area contributed by atoms with Gasteiger partial charge in [-0.25, -0.2) is 4.79 Å². The second-order valence-electron chi connectivity index (χ2n) is 6.54. The van der Waals surface area contributed by atoms with Gasteiger partial charge >= 0.3 is 11.7 Å². The lowest BCUT2D eigenvalue weighted by Gasteiger charge is -2.14. The first-order chi connectivity index (χ1) is 15.0. The van der Waals surface area contributed by atoms with Crippen LogP contribution in [0, 0.1) is 10.1 Å². The summed E-state index contributed by atoms with van der Waals surface area (Å²) in [5.74, 6) is -1.32. The lowest BCUT2D eigenvalue weighted by atomic mass is 10.1. The van der Waals surface area contributed by atoms with Gasteiger partial charge in [-0.2, -0.15) is 0 Å². The molecule has 0 bridgehead atoms. The van der Waals surface area contributed by atoms with Gasteiger partial charge in [-0.05, 0) is 29.3 Å². The van der Waals surface area contributed by atoms with E-state index in [1.54, 1.807) is 0 Å². The van der Waals surface area contributed by atoms with E-state index in [2.05, 4.69) is 0 Å². The Morgan fingerprint density at radius 3 is 2.00 bits per heavy atom. The smallest absolute Gasteiger partial charge is 0.351 e. The Bertz CT molecular complexity index is 1100. The SMILES string of the molecule is N/C(=C\c1ccc(OCc2ccccc2)c(OCc2ccccc2)c1[N+](=O)[O-])C(=O)O. The highest BCUT2D eigenvalue weighted by molar-refractivity contribution is 5.92. The van der Waals surface area contributed by atoms with Crippen molar-refractivity contribution in [1.82, 2.24) is 0 Å². The summed E-state index contributed by atoms with van der Waals surface area (Å²) < 4.78 is 11.6. The monoisotopic (exact) mass is 420 g/mol. The van der Waals surface area contributed by atoms with Crippen LogP contribution < -0.4 is 15.2 Å². The molecule has 8 heteroatoms. The van der Waals surface area contributed by atoms with Crippen molar-refractivity contribution in [1.29, 1.82) is 0 Å². The van der Waals surface area contributed by atoms with Gasteiger partial charge in [-0.3, -0.25) is 10.1 Å². The summed E-state index contributed by atoms with van der Waals surface area (Å²) in [5, 5.41) is 20.9. The molecule has 0 aliphatic rings. The third kappa shape index (κ3) is 5.60. The van der Waals surface area contributed by atoms with Crippen molar-refractivity contribution < 1.29 is 24.3 Å². The van der Waals surface area contributed by atoms with Gasteiger partial charge < -0.3 is 20.3 Å². The van der Waals surface area contributed by atoms with Crippen LogP contribution in [0.3, 0.4) is 0 Å². The molecule has 0 unspecified atom stereocenters. The van der Waals surface area contributed by atoms with Crippen LogP contribution >= 0.6 is 0 Å². The molecule has 0 spiro atoms. The number of hydrogen-bond donors (Lipinski definition) is 2. The number of ether oxygens (including phenoxy) is 2. The van der Waals surface area contributed by atoms with Crippen LogP contribution in [0.1, 0.15) is 16.7 Å². The molecule has 3 aromatic rings. The fourth-order valence-corrected chi connectivity index (χ4v) is 2.82. The van der Waals surface area contributed by atoms with Gasteiger partial charge in [-0.15, -0.1) is 0 Å². The second-order valence-corrected chi connectivity index (χ2v) is 6.54. The molecule has 0 aromatic heterocycles. The van der Waals surface area contributed by atoms with Crippen molar-refractivity contribution >= 4 is 17.7 Å². The summed E-state index contributed by atoms with van der Waals surface area (Å²) >= 11 is 0. The Morgan fingerprint density at radius 2 is 1.48 bits per heavy atom. The molecular formula is C23H20N2O6. The van der Waals surface area contributed by atoms with Crippen LogP contribution in [0.2, 0.25) is 0 Å². The molecule has 3 N–H and O–H groups in total. The third-order valence-corrected chi connectivity index (χ3v) is 4.33. The van der Waals surface area contributed by atoms with Gasteiger partial charge in [0.25, 0.3) is 0 Å². The van der Waals surface area contributed by atoms with Crippen LogP contribution in [0.25, 0.3) is 6.08 Å². The zero-order valence-corrected chi connectivity index (χ0v) is 16.4. The lowest BCUT2D eigenvalue weighted by molar-refractivity contribution is -0.386. The fraction of sp³-hybridized carbons (Fsp3) is 0.0870. The summed E-state index contributed by atoms with van der Waals surface area (Å²) in [7, 11) is 0. The van der Waals surface area contributed by atoms with Gasteiger partial charge in [0, 0.05) is 0 Å². The number of carboxylic acid groups (broad SMARTS) is 1. The topological polar surface area (TPSA) is 125 Å². The third-order valence-electron chi connectivity index (χ3n) is 4.33. The highest BCUT2D eigenvalue weighted by Crippen LogP contribution is 2.41. The molecule has 0 aliphatic heterocycles. The van der Waals surface area contributed by atoms with E-state index in [-0.39, 0.29) is 30.3 Å². The van der Waals surface area contributed by atoms with Crippen molar-refractivity contribution in [3.8, 4) is 11.5 Å². The maximum atomic E-state index is 11.9. The minimum Gasteiger partial charge on any atom is -0.485 e. The maximum Gasteiger partial charge on any atom is 0.351 e. The first-order valence-electron chi connectivity index (χ1n) is 9.31. The van der Waals surface area contributed by atoms with Crippen LogP contribution in [0.4, 0.5) is 5.69 Å². The minimum atomic E-state index is -1.38. The van der Waals surface area contributed by atoms with Gasteiger partial charge in [0.05, 0.1) is 10.5 Å². The lowest BCUT2D eigenvalue weighted by Crippen LogP contribution is -2.10. The van der Waals surface area contributed by atoms with Crippen molar-refractivity contribution in [2.75, 3.05) is 0 Å². The molecule has 158 valence electrons. The van der Waals surface area contributed by atoms with E-state index < -0.39 is 22.3 Å². The van der Waals surface area contributed by atoms with Crippen LogP contribution in [0.15, 0.2) is 78.5 Å². The Hall–Kier alpha value is -4.33. The molecule has 0 saturated heterocycles. The summed E-state index contributed by atoms with van der Waals surface area (Å²) in [6.07, 6.45) is 1.02. The van der Waals surface area contributed by atoms with E-state index in [9.17, 15) is 14.9 Å². The number of nitro benzene ring substituents is 1. The number of rotatable bonds is 9. The van der Waals surface area contributed by atoms with E-state index >= 15 is 0 Å². The molecule has 0 heterocycles. The molecule has 31 heavy (non-hydrogen) atoms. The second kappa shape index (κ2) is 9.93. The highest BCUT2D eigenvalue weighted by atomic mass is 16.6. The molecule has 0 amide bonds. The summed E-state index contributed by atoms with van der Waals surface area (Å²) in [4.78, 5) is 22.3. The number of nitro groups is 1. The zero-order valence-electron chi connectivity index (χ0n) is 16.4. The number of hydrogen-bond acceptors (Lipinski definition) is 6. The fourth-order valence-electron chi connectivity index (χ4n) is 2.82. The highest BCUT2D eigenvalue weighted by Gasteiger charge is 2.26. The predicted molar refractivity (Wildman–Crippen MR) is 114 cm³/mol. The van der Waals surface area contributed by atoms with Crippen LogP contribution in [-0.4, -0.2) is 16.0 Å². The standard InChI is InChI=1S/C23H20N2O6/c24-19(23(26)27)13-18-11-12-20(30-14-16-7-3-1-4-8-16)22(21(18)25(28)29)31-15-17-9-5-2-6-10-17/h1-13H,14-15,24H2,(H,26,27)/b19-13-. The van der Waals surface area contributed by atoms with Gasteiger partial charge in [-0.1, -0.05) is 60.7 Å².